The quantitative estimate of drug-likeness (QED) is 0.465. The van der Waals surface area contributed by atoms with Crippen molar-refractivity contribution in [3.8, 4) is 0 Å². The summed E-state index contributed by atoms with van der Waals surface area (Å²) >= 11 is 0. The van der Waals surface area contributed by atoms with Gasteiger partial charge in [-0.15, -0.1) is 0 Å². The molecule has 146 valence electrons. The Balaban J connectivity index is 1.70. The summed E-state index contributed by atoms with van der Waals surface area (Å²) in [5.74, 6) is 0. The molecule has 0 aromatic heterocycles. The summed E-state index contributed by atoms with van der Waals surface area (Å²) in [5.41, 5.74) is 10.8. The van der Waals surface area contributed by atoms with Crippen molar-refractivity contribution in [3.05, 3.63) is 132 Å². The highest BCUT2D eigenvalue weighted by Gasteiger charge is 2.45. The number of nitrogens with zero attached hydrogens (tertiary/aromatic N) is 2. The van der Waals surface area contributed by atoms with Crippen LogP contribution in [0.2, 0.25) is 0 Å². The summed E-state index contributed by atoms with van der Waals surface area (Å²) in [5, 5.41) is 5.15. The molecule has 0 atom stereocenters. The van der Waals surface area contributed by atoms with E-state index in [-0.39, 0.29) is 4.70 Å². The number of benzene rings is 4. The highest BCUT2D eigenvalue weighted by Crippen LogP contribution is 2.37. The van der Waals surface area contributed by atoms with E-state index < -0.39 is 5.54 Å². The SMILES string of the molecule is C1=N[N+](c2ccccc2)(c2ccccc2)NNC1(c1ccccc1)c1ccccc1. The molecule has 4 nitrogen and oxygen atoms in total. The van der Waals surface area contributed by atoms with Gasteiger partial charge >= 0.3 is 0 Å². The molecule has 0 bridgehead atoms. The normalized spacial score (nSPS) is 16.8. The molecule has 0 unspecified atom stereocenters. The van der Waals surface area contributed by atoms with Gasteiger partial charge in [-0.05, 0) is 15.8 Å². The number of hydrogen-bond donors (Lipinski definition) is 2. The molecule has 0 amide bonds. The minimum Gasteiger partial charge on any atom is -0.189 e. The highest BCUT2D eigenvalue weighted by atomic mass is 15.9. The number of hydrazine groups is 1. The maximum Gasteiger partial charge on any atom is 0.185 e. The van der Waals surface area contributed by atoms with Crippen molar-refractivity contribution in [1.82, 2.24) is 15.7 Å². The lowest BCUT2D eigenvalue weighted by Crippen LogP contribution is -2.68. The van der Waals surface area contributed by atoms with Crippen LogP contribution >= 0.6 is 0 Å². The number of rotatable bonds is 4. The lowest BCUT2D eigenvalue weighted by Gasteiger charge is -2.41. The van der Waals surface area contributed by atoms with Crippen molar-refractivity contribution >= 4 is 17.6 Å². The number of quaternary nitrogens is 1. The van der Waals surface area contributed by atoms with Gasteiger partial charge in [-0.2, -0.15) is 5.43 Å². The van der Waals surface area contributed by atoms with Crippen LogP contribution in [0.5, 0.6) is 0 Å². The fraction of sp³-hybridized carbons (Fsp3) is 0.0385. The topological polar surface area (TPSA) is 36.4 Å². The zero-order valence-electron chi connectivity index (χ0n) is 16.5. The summed E-state index contributed by atoms with van der Waals surface area (Å²) in [6.45, 7) is 0. The highest BCUT2D eigenvalue weighted by molar-refractivity contribution is 5.80. The molecule has 2 N–H and O–H groups in total. The molecule has 1 aliphatic rings. The molecule has 4 aromatic rings. The second-order valence-corrected chi connectivity index (χ2v) is 7.33. The van der Waals surface area contributed by atoms with Crippen LogP contribution < -0.4 is 15.7 Å². The van der Waals surface area contributed by atoms with Crippen molar-refractivity contribution in [1.29, 1.82) is 0 Å². The van der Waals surface area contributed by atoms with Crippen molar-refractivity contribution in [3.63, 3.8) is 0 Å². The number of nitrogens with one attached hydrogen (secondary N) is 2. The third kappa shape index (κ3) is 3.04. The van der Waals surface area contributed by atoms with Gasteiger partial charge in [-0.25, -0.2) is 0 Å². The van der Waals surface area contributed by atoms with E-state index in [4.69, 9.17) is 5.10 Å². The monoisotopic (exact) mass is 391 g/mol. The van der Waals surface area contributed by atoms with Gasteiger partial charge < -0.3 is 0 Å². The van der Waals surface area contributed by atoms with Gasteiger partial charge in [0.25, 0.3) is 0 Å². The van der Waals surface area contributed by atoms with Crippen LogP contribution in [0.1, 0.15) is 11.1 Å². The lowest BCUT2D eigenvalue weighted by atomic mass is 9.84. The molecule has 0 spiro atoms. The summed E-state index contributed by atoms with van der Waals surface area (Å²) in [7, 11) is 0. The Labute approximate surface area is 176 Å². The third-order valence-corrected chi connectivity index (χ3v) is 5.56. The van der Waals surface area contributed by atoms with Crippen molar-refractivity contribution < 1.29 is 0 Å². The Kier molecular flexibility index (Phi) is 4.73. The van der Waals surface area contributed by atoms with Crippen LogP contribution in [0.25, 0.3) is 0 Å². The first kappa shape index (κ1) is 18.5. The van der Waals surface area contributed by atoms with E-state index >= 15 is 0 Å². The minimum absolute atomic E-state index is 0.128. The number of hydrogen-bond acceptors (Lipinski definition) is 3. The van der Waals surface area contributed by atoms with Crippen LogP contribution in [0, 0.1) is 0 Å². The molecule has 0 aliphatic carbocycles. The van der Waals surface area contributed by atoms with Crippen LogP contribution in [0.4, 0.5) is 11.4 Å². The summed E-state index contributed by atoms with van der Waals surface area (Å²) < 4.78 is 0.128. The van der Waals surface area contributed by atoms with Crippen molar-refractivity contribution in [2.24, 2.45) is 5.10 Å². The van der Waals surface area contributed by atoms with Gasteiger partial charge in [-0.1, -0.05) is 108 Å². The van der Waals surface area contributed by atoms with E-state index in [0.717, 1.165) is 22.5 Å². The Morgan fingerprint density at radius 3 is 1.30 bits per heavy atom. The Hall–Kier alpha value is -3.57. The largest absolute Gasteiger partial charge is 0.189 e. The van der Waals surface area contributed by atoms with Gasteiger partial charge in [0.1, 0.15) is 5.54 Å². The first-order chi connectivity index (χ1) is 14.8. The summed E-state index contributed by atoms with van der Waals surface area (Å²) in [6, 6.07) is 41.3. The minimum atomic E-state index is -0.589. The first-order valence-corrected chi connectivity index (χ1v) is 10.1. The van der Waals surface area contributed by atoms with Crippen molar-refractivity contribution in [2.75, 3.05) is 0 Å². The molecule has 5 rings (SSSR count). The average molecular weight is 391 g/mol. The van der Waals surface area contributed by atoms with Gasteiger partial charge in [0, 0.05) is 24.3 Å². The summed E-state index contributed by atoms with van der Waals surface area (Å²) in [4.78, 5) is 0. The second-order valence-electron chi connectivity index (χ2n) is 7.33. The maximum absolute atomic E-state index is 5.15. The van der Waals surface area contributed by atoms with Crippen LogP contribution in [-0.2, 0) is 5.54 Å². The molecule has 0 radical (unpaired) electrons. The van der Waals surface area contributed by atoms with E-state index in [2.05, 4.69) is 83.8 Å². The van der Waals surface area contributed by atoms with E-state index in [1.54, 1.807) is 0 Å². The maximum atomic E-state index is 5.15. The Morgan fingerprint density at radius 1 is 0.533 bits per heavy atom. The van der Waals surface area contributed by atoms with E-state index in [9.17, 15) is 0 Å². The zero-order valence-corrected chi connectivity index (χ0v) is 16.5. The molecule has 4 aromatic carbocycles. The molecular formula is C26H23N4+. The standard InChI is InChI=1S/C26H23N4/c1-5-13-22(14-6-1)26(23-15-7-2-8-16-23)21-27-30(29-28-26,24-17-9-3-10-18-24)25-19-11-4-12-20-25/h1-21,28-29H/q+1. The predicted molar refractivity (Wildman–Crippen MR) is 123 cm³/mol. The summed E-state index contributed by atoms with van der Waals surface area (Å²) in [6.07, 6.45) is 2.02. The van der Waals surface area contributed by atoms with Crippen LogP contribution in [0.3, 0.4) is 0 Å². The van der Waals surface area contributed by atoms with Gasteiger partial charge in [0.15, 0.2) is 11.4 Å². The average Bonchev–Trinajstić information content (AvgIpc) is 2.86. The number of para-hydroxylation sites is 2. The first-order valence-electron chi connectivity index (χ1n) is 10.1. The van der Waals surface area contributed by atoms with E-state index in [1.165, 1.54) is 0 Å². The molecule has 0 fully saturated rings. The molecule has 0 saturated heterocycles. The van der Waals surface area contributed by atoms with Crippen molar-refractivity contribution in [2.45, 2.75) is 5.54 Å². The molecule has 4 heteroatoms. The fourth-order valence-electron chi connectivity index (χ4n) is 3.96. The molecule has 1 heterocycles. The molecule has 1 aliphatic heterocycles. The van der Waals surface area contributed by atoms with E-state index in [0.29, 0.717) is 0 Å². The molecule has 0 saturated carbocycles. The van der Waals surface area contributed by atoms with Crippen LogP contribution in [0.15, 0.2) is 126 Å². The molecule has 30 heavy (non-hydrogen) atoms. The van der Waals surface area contributed by atoms with Crippen LogP contribution in [-0.4, -0.2) is 6.21 Å². The van der Waals surface area contributed by atoms with Gasteiger partial charge in [0.2, 0.25) is 0 Å². The predicted octanol–water partition coefficient (Wildman–Crippen LogP) is 5.28. The van der Waals surface area contributed by atoms with E-state index in [1.807, 2.05) is 54.7 Å². The van der Waals surface area contributed by atoms with Gasteiger partial charge in [0.05, 0.1) is 6.21 Å². The Morgan fingerprint density at radius 2 is 0.933 bits per heavy atom. The fourth-order valence-corrected chi connectivity index (χ4v) is 3.96. The second kappa shape index (κ2) is 7.69. The third-order valence-electron chi connectivity index (χ3n) is 5.56. The smallest absolute Gasteiger partial charge is 0.185 e. The molecular weight excluding hydrogens is 368 g/mol. The van der Waals surface area contributed by atoms with Gasteiger partial charge in [-0.3, -0.25) is 0 Å². The lowest BCUT2D eigenvalue weighted by molar-refractivity contribution is 0.192. The Bertz CT molecular complexity index is 955. The zero-order chi connectivity index (χ0) is 20.3.